The van der Waals surface area contributed by atoms with Gasteiger partial charge >= 0.3 is 17.9 Å². The molecule has 284 valence electrons. The second-order valence-electron chi connectivity index (χ2n) is 14.3. The number of hydrogen-bond donors (Lipinski definition) is 0. The van der Waals surface area contributed by atoms with Crippen molar-refractivity contribution in [1.82, 2.24) is 0 Å². The summed E-state index contributed by atoms with van der Waals surface area (Å²) in [6, 6.07) is 0. The van der Waals surface area contributed by atoms with Crippen molar-refractivity contribution in [2.75, 3.05) is 13.2 Å². The van der Waals surface area contributed by atoms with Gasteiger partial charge in [-0.3, -0.25) is 14.4 Å². The minimum absolute atomic E-state index is 0.0646. The van der Waals surface area contributed by atoms with Crippen molar-refractivity contribution in [3.05, 3.63) is 0 Å². The molecule has 0 heterocycles. The summed E-state index contributed by atoms with van der Waals surface area (Å²) in [7, 11) is 0. The lowest BCUT2D eigenvalue weighted by Crippen LogP contribution is -2.30. The lowest BCUT2D eigenvalue weighted by Gasteiger charge is -2.18. The van der Waals surface area contributed by atoms with Crippen LogP contribution in [0, 0.1) is 0 Å². The van der Waals surface area contributed by atoms with Crippen molar-refractivity contribution in [3.8, 4) is 0 Å². The van der Waals surface area contributed by atoms with Crippen LogP contribution in [0.25, 0.3) is 0 Å². The second-order valence-corrected chi connectivity index (χ2v) is 14.3. The van der Waals surface area contributed by atoms with E-state index in [-0.39, 0.29) is 31.1 Å². The van der Waals surface area contributed by atoms with Gasteiger partial charge in [-0.05, 0) is 19.3 Å². The van der Waals surface area contributed by atoms with Crippen LogP contribution >= 0.6 is 0 Å². The predicted octanol–water partition coefficient (Wildman–Crippen LogP) is 12.9. The maximum absolute atomic E-state index is 12.5. The van der Waals surface area contributed by atoms with Gasteiger partial charge in [-0.15, -0.1) is 0 Å². The Hall–Kier alpha value is -1.59. The number of rotatable bonds is 38. The SMILES string of the molecule is CCCCCCCCCCCCCCCCCCCC(=O)OCC(COC(=O)CCCCCCCC)OC(=O)CCCCCCCCC. The number of hydrogen-bond acceptors (Lipinski definition) is 6. The van der Waals surface area contributed by atoms with Crippen molar-refractivity contribution >= 4 is 17.9 Å². The van der Waals surface area contributed by atoms with E-state index in [1.807, 2.05) is 0 Å². The van der Waals surface area contributed by atoms with E-state index in [0.717, 1.165) is 57.8 Å². The fourth-order valence-electron chi connectivity index (χ4n) is 6.15. The standard InChI is InChI=1S/C42H80O6/c1-4-7-10-13-16-17-18-19-20-21-22-23-24-25-27-29-32-35-41(44)47-38-39(37-46-40(43)34-31-28-15-12-9-6-3)48-42(45)36-33-30-26-14-11-8-5-2/h39H,4-38H2,1-3H3. The van der Waals surface area contributed by atoms with Crippen LogP contribution in [0.1, 0.15) is 233 Å². The van der Waals surface area contributed by atoms with Crippen LogP contribution < -0.4 is 0 Å². The number of ether oxygens (including phenoxy) is 3. The molecule has 48 heavy (non-hydrogen) atoms. The van der Waals surface area contributed by atoms with E-state index in [9.17, 15) is 14.4 Å². The average molecular weight is 681 g/mol. The minimum atomic E-state index is -0.755. The smallest absolute Gasteiger partial charge is 0.306 e. The lowest BCUT2D eigenvalue weighted by molar-refractivity contribution is -0.167. The Bertz CT molecular complexity index is 708. The maximum atomic E-state index is 12.5. The highest BCUT2D eigenvalue weighted by Crippen LogP contribution is 2.15. The maximum Gasteiger partial charge on any atom is 0.306 e. The van der Waals surface area contributed by atoms with Gasteiger partial charge < -0.3 is 14.2 Å². The monoisotopic (exact) mass is 681 g/mol. The molecule has 0 saturated carbocycles. The fourth-order valence-corrected chi connectivity index (χ4v) is 6.15. The summed E-state index contributed by atoms with van der Waals surface area (Å²) in [5, 5.41) is 0. The molecule has 0 aliphatic rings. The van der Waals surface area contributed by atoms with Gasteiger partial charge in [0.2, 0.25) is 0 Å². The van der Waals surface area contributed by atoms with Gasteiger partial charge in [-0.25, -0.2) is 0 Å². The Morgan fingerprint density at radius 1 is 0.333 bits per heavy atom. The first-order valence-electron chi connectivity index (χ1n) is 21.0. The van der Waals surface area contributed by atoms with E-state index >= 15 is 0 Å². The summed E-state index contributed by atoms with van der Waals surface area (Å²) in [5.41, 5.74) is 0. The molecule has 6 nitrogen and oxygen atoms in total. The van der Waals surface area contributed by atoms with Gasteiger partial charge in [0.25, 0.3) is 0 Å². The number of carbonyl (C=O) groups is 3. The zero-order valence-electron chi connectivity index (χ0n) is 32.3. The van der Waals surface area contributed by atoms with E-state index in [4.69, 9.17) is 14.2 Å². The van der Waals surface area contributed by atoms with Crippen molar-refractivity contribution in [2.45, 2.75) is 239 Å². The molecule has 0 amide bonds. The molecule has 0 rings (SSSR count). The molecule has 0 aromatic heterocycles. The Morgan fingerprint density at radius 3 is 0.833 bits per heavy atom. The topological polar surface area (TPSA) is 78.9 Å². The van der Waals surface area contributed by atoms with Gasteiger partial charge in [0.1, 0.15) is 13.2 Å². The second kappa shape index (κ2) is 38.2. The van der Waals surface area contributed by atoms with E-state index in [1.54, 1.807) is 0 Å². The van der Waals surface area contributed by atoms with Gasteiger partial charge in [0, 0.05) is 19.3 Å². The van der Waals surface area contributed by atoms with Crippen LogP contribution in [0.2, 0.25) is 0 Å². The largest absolute Gasteiger partial charge is 0.462 e. The minimum Gasteiger partial charge on any atom is -0.462 e. The third-order valence-corrected chi connectivity index (χ3v) is 9.36. The highest BCUT2D eigenvalue weighted by atomic mass is 16.6. The molecule has 1 atom stereocenters. The van der Waals surface area contributed by atoms with Gasteiger partial charge in [0.05, 0.1) is 0 Å². The molecule has 0 spiro atoms. The van der Waals surface area contributed by atoms with Crippen LogP contribution in [0.4, 0.5) is 0 Å². The normalized spacial score (nSPS) is 11.8. The first-order valence-corrected chi connectivity index (χ1v) is 21.0. The summed E-state index contributed by atoms with van der Waals surface area (Å²) in [5.74, 6) is -0.874. The van der Waals surface area contributed by atoms with Crippen molar-refractivity contribution < 1.29 is 28.6 Å². The van der Waals surface area contributed by atoms with Crippen LogP contribution in [-0.4, -0.2) is 37.2 Å². The molecule has 6 heteroatoms. The molecule has 0 aromatic rings. The van der Waals surface area contributed by atoms with Gasteiger partial charge in [-0.2, -0.15) is 0 Å². The summed E-state index contributed by atoms with van der Waals surface area (Å²) < 4.78 is 16.5. The molecule has 0 fully saturated rings. The van der Waals surface area contributed by atoms with E-state index < -0.39 is 6.10 Å². The summed E-state index contributed by atoms with van der Waals surface area (Å²) in [6.07, 6.45) is 36.9. The van der Waals surface area contributed by atoms with Crippen LogP contribution in [0.15, 0.2) is 0 Å². The highest BCUT2D eigenvalue weighted by molar-refractivity contribution is 5.71. The molecule has 0 aliphatic heterocycles. The van der Waals surface area contributed by atoms with E-state index in [1.165, 1.54) is 135 Å². The Balaban J connectivity index is 4.11. The van der Waals surface area contributed by atoms with E-state index in [2.05, 4.69) is 20.8 Å². The van der Waals surface area contributed by atoms with E-state index in [0.29, 0.717) is 19.3 Å². The number of carbonyl (C=O) groups excluding carboxylic acids is 3. The first kappa shape index (κ1) is 46.4. The predicted molar refractivity (Wildman–Crippen MR) is 201 cm³/mol. The van der Waals surface area contributed by atoms with Crippen molar-refractivity contribution in [1.29, 1.82) is 0 Å². The molecule has 0 aromatic carbocycles. The highest BCUT2D eigenvalue weighted by Gasteiger charge is 2.19. The van der Waals surface area contributed by atoms with Crippen LogP contribution in [0.3, 0.4) is 0 Å². The average Bonchev–Trinajstić information content (AvgIpc) is 3.08. The van der Waals surface area contributed by atoms with Crippen LogP contribution in [-0.2, 0) is 28.6 Å². The van der Waals surface area contributed by atoms with Gasteiger partial charge in [0.15, 0.2) is 6.10 Å². The Labute approximate surface area is 298 Å². The Kier molecular flexibility index (Phi) is 36.9. The molecule has 0 bridgehead atoms. The molecular weight excluding hydrogens is 600 g/mol. The third kappa shape index (κ3) is 35.7. The molecule has 0 saturated heterocycles. The zero-order valence-corrected chi connectivity index (χ0v) is 32.3. The first-order chi connectivity index (χ1) is 23.5. The molecule has 0 radical (unpaired) electrons. The van der Waals surface area contributed by atoms with Crippen LogP contribution in [0.5, 0.6) is 0 Å². The molecule has 0 aliphatic carbocycles. The quantitative estimate of drug-likeness (QED) is 0.0367. The number of esters is 3. The third-order valence-electron chi connectivity index (χ3n) is 9.36. The van der Waals surface area contributed by atoms with Gasteiger partial charge in [-0.1, -0.05) is 194 Å². The number of unbranched alkanes of at least 4 members (excludes halogenated alkanes) is 27. The zero-order chi connectivity index (χ0) is 35.2. The molecule has 0 N–H and O–H groups in total. The van der Waals surface area contributed by atoms with Crippen molar-refractivity contribution in [2.24, 2.45) is 0 Å². The fraction of sp³-hybridized carbons (Fsp3) is 0.929. The summed E-state index contributed by atoms with van der Waals surface area (Å²) >= 11 is 0. The molecule has 1 unspecified atom stereocenters. The summed E-state index contributed by atoms with van der Waals surface area (Å²) in [4.78, 5) is 37.2. The Morgan fingerprint density at radius 2 is 0.562 bits per heavy atom. The lowest BCUT2D eigenvalue weighted by atomic mass is 10.0. The molecular formula is C42H80O6. The van der Waals surface area contributed by atoms with Crippen molar-refractivity contribution in [3.63, 3.8) is 0 Å². The summed E-state index contributed by atoms with van der Waals surface area (Å²) in [6.45, 7) is 6.54.